The van der Waals surface area contributed by atoms with Gasteiger partial charge in [0.1, 0.15) is 5.69 Å². The molecule has 3 N–H and O–H groups in total. The molecule has 2 aromatic heterocycles. The molecule has 1 amide bonds. The minimum absolute atomic E-state index is 0.0204. The Kier molecular flexibility index (Phi) is 5.55. The third kappa shape index (κ3) is 4.45. The van der Waals surface area contributed by atoms with Crippen molar-refractivity contribution in [2.24, 2.45) is 17.6 Å². The van der Waals surface area contributed by atoms with Gasteiger partial charge in [-0.3, -0.25) is 14.6 Å². The summed E-state index contributed by atoms with van der Waals surface area (Å²) in [7, 11) is 0. The summed E-state index contributed by atoms with van der Waals surface area (Å²) in [5, 5.41) is 0.0204. The summed E-state index contributed by atoms with van der Waals surface area (Å²) in [4.78, 5) is 31.3. The van der Waals surface area contributed by atoms with Crippen molar-refractivity contribution in [2.75, 3.05) is 0 Å². The molecule has 2 aliphatic carbocycles. The van der Waals surface area contributed by atoms with E-state index in [0.717, 1.165) is 0 Å². The number of pyridine rings is 2. The van der Waals surface area contributed by atoms with Gasteiger partial charge in [-0.25, -0.2) is 17.6 Å². The topological polar surface area (TPSA) is 88.8 Å². The maximum atomic E-state index is 14.4. The predicted octanol–water partition coefficient (Wildman–Crippen LogP) is 4.76. The summed E-state index contributed by atoms with van der Waals surface area (Å²) in [6, 6.07) is 2.73. The van der Waals surface area contributed by atoms with Crippen molar-refractivity contribution in [3.8, 4) is 0 Å². The molecule has 2 saturated carbocycles. The average molecular weight is 439 g/mol. The lowest BCUT2D eigenvalue weighted by Gasteiger charge is -2.40. The first-order valence-corrected chi connectivity index (χ1v) is 10.6. The second-order valence-corrected chi connectivity index (χ2v) is 8.95. The van der Waals surface area contributed by atoms with E-state index in [1.54, 1.807) is 0 Å². The normalized spacial score (nSPS) is 28.2. The van der Waals surface area contributed by atoms with E-state index in [0.29, 0.717) is 24.1 Å². The summed E-state index contributed by atoms with van der Waals surface area (Å²) in [5.74, 6) is -7.45. The zero-order valence-electron chi connectivity index (χ0n) is 17.0. The number of carbonyl (C=O) groups is 1. The van der Waals surface area contributed by atoms with Gasteiger partial charge in [0.15, 0.2) is 5.43 Å². The first-order valence-electron chi connectivity index (χ1n) is 10.6. The number of halogens is 4. The first kappa shape index (κ1) is 21.8. The fourth-order valence-corrected chi connectivity index (χ4v) is 5.38. The number of rotatable bonds is 3. The largest absolute Gasteiger partial charge is 0.364 e. The van der Waals surface area contributed by atoms with Crippen LogP contribution in [0.15, 0.2) is 23.1 Å². The minimum Gasteiger partial charge on any atom is -0.364 e. The van der Waals surface area contributed by atoms with Crippen LogP contribution in [0.2, 0.25) is 0 Å². The van der Waals surface area contributed by atoms with Gasteiger partial charge in [0.05, 0.1) is 10.9 Å². The Bertz CT molecular complexity index is 1050. The highest BCUT2D eigenvalue weighted by Crippen LogP contribution is 2.51. The van der Waals surface area contributed by atoms with Crippen molar-refractivity contribution in [3.63, 3.8) is 0 Å². The van der Waals surface area contributed by atoms with Crippen molar-refractivity contribution >= 4 is 16.8 Å². The van der Waals surface area contributed by atoms with Gasteiger partial charge in [-0.05, 0) is 43.6 Å². The predicted molar refractivity (Wildman–Crippen MR) is 107 cm³/mol. The molecule has 0 aliphatic heterocycles. The second kappa shape index (κ2) is 7.91. The molecule has 5 nitrogen and oxygen atoms in total. The van der Waals surface area contributed by atoms with Gasteiger partial charge < -0.3 is 10.7 Å². The summed E-state index contributed by atoms with van der Waals surface area (Å²) in [6.45, 7) is 0. The average Bonchev–Trinajstić information content (AvgIpc) is 2.87. The minimum atomic E-state index is -2.89. The second-order valence-electron chi connectivity index (χ2n) is 8.95. The van der Waals surface area contributed by atoms with Crippen molar-refractivity contribution < 1.29 is 22.4 Å². The fourth-order valence-electron chi connectivity index (χ4n) is 5.38. The molecule has 4 rings (SSSR count). The monoisotopic (exact) mass is 439 g/mol. The molecule has 0 radical (unpaired) electrons. The van der Waals surface area contributed by atoms with Gasteiger partial charge in [-0.15, -0.1) is 0 Å². The number of fused-ring (bicyclic) bond motifs is 1. The molecule has 31 heavy (non-hydrogen) atoms. The van der Waals surface area contributed by atoms with E-state index < -0.39 is 35.5 Å². The zero-order valence-corrected chi connectivity index (χ0v) is 17.0. The van der Waals surface area contributed by atoms with Gasteiger partial charge in [0.25, 0.3) is 5.91 Å². The smallest absolute Gasteiger partial charge is 0.268 e. The Morgan fingerprint density at radius 1 is 1.10 bits per heavy atom. The van der Waals surface area contributed by atoms with E-state index in [4.69, 9.17) is 5.73 Å². The lowest BCUT2D eigenvalue weighted by atomic mass is 9.67. The van der Waals surface area contributed by atoms with Gasteiger partial charge >= 0.3 is 0 Å². The molecule has 3 atom stereocenters. The Morgan fingerprint density at radius 3 is 2.58 bits per heavy atom. The maximum absolute atomic E-state index is 14.4. The Labute approximate surface area is 176 Å². The molecular formula is C22H25F4N3O2. The quantitative estimate of drug-likeness (QED) is 0.534. The highest BCUT2D eigenvalue weighted by Gasteiger charge is 2.46. The number of H-pyrrole nitrogens is 1. The van der Waals surface area contributed by atoms with Crippen molar-refractivity contribution in [1.29, 1.82) is 0 Å². The number of amides is 1. The van der Waals surface area contributed by atoms with Crippen molar-refractivity contribution in [1.82, 2.24) is 9.97 Å². The molecule has 2 aliphatic rings. The summed E-state index contributed by atoms with van der Waals surface area (Å²) in [5.41, 5.74) is 5.25. The number of alkyl halides is 4. The van der Waals surface area contributed by atoms with Crippen LogP contribution in [0.3, 0.4) is 0 Å². The molecular weight excluding hydrogens is 414 g/mol. The molecule has 2 fully saturated rings. The summed E-state index contributed by atoms with van der Waals surface area (Å²) < 4.78 is 56.5. The van der Waals surface area contributed by atoms with E-state index in [2.05, 4.69) is 9.97 Å². The number of nitrogens with zero attached hydrogens (tertiary/aromatic N) is 1. The molecule has 2 aromatic rings. The van der Waals surface area contributed by atoms with E-state index in [9.17, 15) is 27.2 Å². The molecule has 2 unspecified atom stereocenters. The van der Waals surface area contributed by atoms with E-state index in [1.165, 1.54) is 18.3 Å². The van der Waals surface area contributed by atoms with E-state index in [1.807, 2.05) is 0 Å². The van der Waals surface area contributed by atoms with Gasteiger partial charge in [-0.1, -0.05) is 0 Å². The number of hydrogen-bond donors (Lipinski definition) is 2. The van der Waals surface area contributed by atoms with E-state index >= 15 is 0 Å². The number of primary amides is 1. The highest BCUT2D eigenvalue weighted by atomic mass is 19.3. The SMILES string of the molecule is NC(=O)c1nccc2[nH]c(C3CC(F)(F)CCC3[C@H]3CCCC(F)(F)CC3)cc(=O)c12. The first-order chi connectivity index (χ1) is 14.6. The number of nitrogens with two attached hydrogens (primary N) is 1. The fraction of sp³-hybridized carbons (Fsp3) is 0.591. The van der Waals surface area contributed by atoms with Crippen LogP contribution in [0.25, 0.3) is 10.9 Å². The van der Waals surface area contributed by atoms with Gasteiger partial charge in [0.2, 0.25) is 11.8 Å². The van der Waals surface area contributed by atoms with Gasteiger partial charge in [0, 0.05) is 49.6 Å². The van der Waals surface area contributed by atoms with Crippen LogP contribution in [-0.4, -0.2) is 27.7 Å². The zero-order chi connectivity index (χ0) is 22.4. The third-order valence-electron chi connectivity index (χ3n) is 6.88. The maximum Gasteiger partial charge on any atom is 0.268 e. The Morgan fingerprint density at radius 2 is 1.84 bits per heavy atom. The summed E-state index contributed by atoms with van der Waals surface area (Å²) >= 11 is 0. The molecule has 0 saturated heterocycles. The number of aromatic nitrogens is 2. The molecule has 168 valence electrons. The van der Waals surface area contributed by atoms with Crippen LogP contribution in [0.4, 0.5) is 17.6 Å². The molecule has 2 heterocycles. The van der Waals surface area contributed by atoms with Crippen LogP contribution in [0.1, 0.15) is 73.5 Å². The molecule has 0 bridgehead atoms. The molecule has 9 heteroatoms. The summed E-state index contributed by atoms with van der Waals surface area (Å²) in [6.07, 6.45) is 1.61. The van der Waals surface area contributed by atoms with Crippen LogP contribution in [0.5, 0.6) is 0 Å². The third-order valence-corrected chi connectivity index (χ3v) is 6.88. The number of aromatic amines is 1. The lowest BCUT2D eigenvalue weighted by Crippen LogP contribution is -2.36. The van der Waals surface area contributed by atoms with Crippen LogP contribution in [-0.2, 0) is 0 Å². The van der Waals surface area contributed by atoms with E-state index in [-0.39, 0.29) is 55.0 Å². The van der Waals surface area contributed by atoms with Gasteiger partial charge in [-0.2, -0.15) is 0 Å². The Balaban J connectivity index is 1.74. The van der Waals surface area contributed by atoms with Crippen LogP contribution in [0, 0.1) is 11.8 Å². The van der Waals surface area contributed by atoms with Crippen molar-refractivity contribution in [3.05, 3.63) is 39.9 Å². The highest BCUT2D eigenvalue weighted by molar-refractivity contribution is 6.03. The lowest BCUT2D eigenvalue weighted by molar-refractivity contribution is -0.0648. The Hall–Kier alpha value is -2.45. The standard InChI is InChI=1S/C22H25F4N3O2/c23-21(24)6-1-2-12(3-7-21)13-4-8-22(25,26)11-14(13)16-10-17(30)18-15(29-16)5-9-28-19(18)20(27)31/h5,9-10,12-14H,1-4,6-8,11H2,(H2,27,31)(H,29,30)/t12-,13?,14?/m0/s1. The molecule has 0 spiro atoms. The van der Waals surface area contributed by atoms with Crippen molar-refractivity contribution in [2.45, 2.75) is 69.1 Å². The molecule has 0 aromatic carbocycles. The number of carbonyl (C=O) groups excluding carboxylic acids is 1. The number of hydrogen-bond acceptors (Lipinski definition) is 3. The van der Waals surface area contributed by atoms with Crippen LogP contribution < -0.4 is 11.2 Å². The van der Waals surface area contributed by atoms with Crippen LogP contribution >= 0.6 is 0 Å². The number of nitrogens with one attached hydrogen (secondary N) is 1.